The van der Waals surface area contributed by atoms with E-state index in [1.54, 1.807) is 0 Å². The number of methoxy groups -OCH3 is 1. The molecule has 0 spiro atoms. The molecule has 0 unspecified atom stereocenters. The van der Waals surface area contributed by atoms with Crippen molar-refractivity contribution in [3.8, 4) is 0 Å². The van der Waals surface area contributed by atoms with Gasteiger partial charge in [-0.15, -0.1) is 0 Å². The van der Waals surface area contributed by atoms with Gasteiger partial charge in [0.15, 0.2) is 0 Å². The Bertz CT molecular complexity index is 452. The molecule has 3 N–H and O–H groups in total. The molecule has 1 aromatic rings. The van der Waals surface area contributed by atoms with Gasteiger partial charge in [0.1, 0.15) is 0 Å². The average Bonchev–Trinajstić information content (AvgIpc) is 2.39. The van der Waals surface area contributed by atoms with Gasteiger partial charge in [-0.2, -0.15) is 0 Å². The number of nitrogens with two attached hydrogens (primary N) is 1. The van der Waals surface area contributed by atoms with Gasteiger partial charge in [0.05, 0.1) is 19.7 Å². The van der Waals surface area contributed by atoms with Gasteiger partial charge in [-0.05, 0) is 36.6 Å². The van der Waals surface area contributed by atoms with Crippen LogP contribution in [0, 0.1) is 6.92 Å². The fourth-order valence-electron chi connectivity index (χ4n) is 1.83. The van der Waals surface area contributed by atoms with E-state index in [0.717, 1.165) is 11.1 Å². The topological polar surface area (TPSA) is 81.4 Å². The number of rotatable bonds is 7. The lowest BCUT2D eigenvalue weighted by molar-refractivity contribution is -0.141. The first kappa shape index (κ1) is 15.2. The molecule has 6 heteroatoms. The van der Waals surface area contributed by atoms with Crippen LogP contribution in [0.5, 0.6) is 0 Å². The van der Waals surface area contributed by atoms with Gasteiger partial charge in [-0.1, -0.05) is 6.07 Å². The van der Waals surface area contributed by atoms with Crippen LogP contribution in [-0.2, 0) is 20.7 Å². The van der Waals surface area contributed by atoms with E-state index < -0.39 is 0 Å². The lowest BCUT2D eigenvalue weighted by Crippen LogP contribution is -2.37. The van der Waals surface area contributed by atoms with Crippen molar-refractivity contribution in [2.24, 2.45) is 0 Å². The SMILES string of the molecule is COC(=O)C[C@H](Cc1cc(N)ccc1C)N[B]C=O. The second kappa shape index (κ2) is 7.58. The summed E-state index contributed by atoms with van der Waals surface area (Å²) >= 11 is 0. The summed E-state index contributed by atoms with van der Waals surface area (Å²) in [5, 5.41) is 2.90. The maximum Gasteiger partial charge on any atom is 0.307 e. The third-order valence-corrected chi connectivity index (χ3v) is 2.88. The highest BCUT2D eigenvalue weighted by molar-refractivity contribution is 6.64. The van der Waals surface area contributed by atoms with Crippen molar-refractivity contribution in [2.75, 3.05) is 12.8 Å². The number of nitrogen functional groups attached to an aromatic ring is 1. The number of nitrogens with one attached hydrogen (secondary N) is 1. The van der Waals surface area contributed by atoms with Gasteiger partial charge in [-0.25, -0.2) is 0 Å². The van der Waals surface area contributed by atoms with Crippen LogP contribution in [0.3, 0.4) is 0 Å². The van der Waals surface area contributed by atoms with Gasteiger partial charge < -0.3 is 20.5 Å². The molecule has 5 nitrogen and oxygen atoms in total. The van der Waals surface area contributed by atoms with Crippen molar-refractivity contribution in [3.63, 3.8) is 0 Å². The summed E-state index contributed by atoms with van der Waals surface area (Å²) in [6.07, 6.45) is 1.43. The van der Waals surface area contributed by atoms with Gasteiger partial charge in [0.2, 0.25) is 0 Å². The number of carbonyl (C=O) groups excluding carboxylic acids is 2. The van der Waals surface area contributed by atoms with Crippen LogP contribution < -0.4 is 11.0 Å². The van der Waals surface area contributed by atoms with E-state index in [-0.39, 0.29) is 18.4 Å². The van der Waals surface area contributed by atoms with E-state index in [0.29, 0.717) is 18.3 Å². The molecule has 1 radical (unpaired) electrons. The first-order valence-corrected chi connectivity index (χ1v) is 6.01. The van der Waals surface area contributed by atoms with E-state index in [1.165, 1.54) is 14.5 Å². The van der Waals surface area contributed by atoms with Gasteiger partial charge in [-0.3, -0.25) is 4.79 Å². The largest absolute Gasteiger partial charge is 0.469 e. The van der Waals surface area contributed by atoms with Gasteiger partial charge in [0, 0.05) is 11.7 Å². The maximum atomic E-state index is 11.3. The highest BCUT2D eigenvalue weighted by atomic mass is 16.5. The van der Waals surface area contributed by atoms with E-state index in [4.69, 9.17) is 5.73 Å². The highest BCUT2D eigenvalue weighted by Gasteiger charge is 2.15. The minimum atomic E-state index is -0.321. The zero-order valence-corrected chi connectivity index (χ0v) is 11.2. The Kier molecular flexibility index (Phi) is 6.08. The molecular formula is C13H18BN2O3. The fraction of sp³-hybridized carbons (Fsp3) is 0.385. The molecule has 0 heterocycles. The molecule has 1 aromatic carbocycles. The number of aryl methyl sites for hydroxylation is 1. The van der Waals surface area contributed by atoms with Crippen LogP contribution in [0.15, 0.2) is 18.2 Å². The third kappa shape index (κ3) is 5.13. The fourth-order valence-corrected chi connectivity index (χ4v) is 1.83. The van der Waals surface area contributed by atoms with E-state index in [2.05, 4.69) is 9.96 Å². The number of ether oxygens (including phenoxy) is 1. The zero-order chi connectivity index (χ0) is 14.3. The molecule has 0 saturated carbocycles. The van der Waals surface area contributed by atoms with Crippen LogP contribution in [0.2, 0.25) is 0 Å². The van der Waals surface area contributed by atoms with Crippen LogP contribution in [0.1, 0.15) is 17.5 Å². The second-order valence-corrected chi connectivity index (χ2v) is 4.34. The molecule has 0 aliphatic heterocycles. The standard InChI is InChI=1S/C13H18BN2O3/c1-9-3-4-11(15)5-10(9)6-12(16-14-8-17)7-13(18)19-2/h3-5,8,12,16H,6-7,15H2,1-2H3/t12-/m0/s1. The summed E-state index contributed by atoms with van der Waals surface area (Å²) in [6, 6.07) is 5.45. The minimum Gasteiger partial charge on any atom is -0.469 e. The van der Waals surface area contributed by atoms with Crippen molar-refractivity contribution in [3.05, 3.63) is 29.3 Å². The minimum absolute atomic E-state index is 0.190. The lowest BCUT2D eigenvalue weighted by Gasteiger charge is -2.17. The van der Waals surface area contributed by atoms with Crippen LogP contribution in [0.25, 0.3) is 0 Å². The Morgan fingerprint density at radius 3 is 2.95 bits per heavy atom. The molecule has 0 fully saturated rings. The molecule has 1 rings (SSSR count). The van der Waals surface area contributed by atoms with Gasteiger partial charge >= 0.3 is 5.97 Å². The number of esters is 1. The quantitative estimate of drug-likeness (QED) is 0.322. The van der Waals surface area contributed by atoms with E-state index in [1.807, 2.05) is 25.1 Å². The first-order valence-electron chi connectivity index (χ1n) is 6.01. The highest BCUT2D eigenvalue weighted by Crippen LogP contribution is 2.15. The molecule has 0 aromatic heterocycles. The van der Waals surface area contributed by atoms with Crippen molar-refractivity contribution in [1.29, 1.82) is 0 Å². The predicted octanol–water partition coefficient (Wildman–Crippen LogP) is 0.450. The molecule has 0 aliphatic carbocycles. The number of anilines is 1. The average molecular weight is 261 g/mol. The van der Waals surface area contributed by atoms with Gasteiger partial charge in [0.25, 0.3) is 7.41 Å². The molecular weight excluding hydrogens is 243 g/mol. The molecule has 19 heavy (non-hydrogen) atoms. The summed E-state index contributed by atoms with van der Waals surface area (Å²) in [7, 11) is 2.63. The van der Waals surface area contributed by atoms with E-state index >= 15 is 0 Å². The van der Waals surface area contributed by atoms with E-state index in [9.17, 15) is 9.59 Å². The summed E-state index contributed by atoms with van der Waals surface area (Å²) in [6.45, 7) is 1.98. The monoisotopic (exact) mass is 261 g/mol. The Labute approximate surface area is 113 Å². The summed E-state index contributed by atoms with van der Waals surface area (Å²) in [5.41, 5.74) is 8.57. The summed E-state index contributed by atoms with van der Waals surface area (Å²) in [5.74, 6) is -0.321. The Balaban J connectivity index is 2.77. The molecule has 0 bridgehead atoms. The smallest absolute Gasteiger partial charge is 0.307 e. The number of benzene rings is 1. The van der Waals surface area contributed by atoms with Crippen molar-refractivity contribution in [1.82, 2.24) is 5.23 Å². The first-order chi connectivity index (χ1) is 9.06. The van der Waals surface area contributed by atoms with Crippen LogP contribution in [0.4, 0.5) is 5.69 Å². The normalized spacial score (nSPS) is 11.7. The third-order valence-electron chi connectivity index (χ3n) is 2.88. The maximum absolute atomic E-state index is 11.3. The lowest BCUT2D eigenvalue weighted by atomic mass is 9.91. The number of hydrogen-bond donors (Lipinski definition) is 2. The van der Waals surface area contributed by atoms with Crippen molar-refractivity contribution >= 4 is 25.3 Å². The molecule has 0 amide bonds. The van der Waals surface area contributed by atoms with Crippen LogP contribution >= 0.6 is 0 Å². The molecule has 0 saturated heterocycles. The summed E-state index contributed by atoms with van der Waals surface area (Å²) in [4.78, 5) is 21.7. The Hall–Kier alpha value is -1.82. The van der Waals surface area contributed by atoms with Crippen LogP contribution in [-0.4, -0.2) is 32.7 Å². The number of carbonyl (C=O) groups is 2. The zero-order valence-electron chi connectivity index (χ0n) is 11.2. The Morgan fingerprint density at radius 1 is 1.58 bits per heavy atom. The predicted molar refractivity (Wildman–Crippen MR) is 75.4 cm³/mol. The van der Waals surface area contributed by atoms with Crippen molar-refractivity contribution in [2.45, 2.75) is 25.8 Å². The second-order valence-electron chi connectivity index (χ2n) is 4.34. The van der Waals surface area contributed by atoms with Crippen molar-refractivity contribution < 1.29 is 14.3 Å². The Morgan fingerprint density at radius 2 is 2.32 bits per heavy atom. The summed E-state index contributed by atoms with van der Waals surface area (Å²) < 4.78 is 4.65. The number of hydrogen-bond acceptors (Lipinski definition) is 5. The molecule has 0 aliphatic rings. The molecule has 101 valence electrons. The molecule has 1 atom stereocenters.